The van der Waals surface area contributed by atoms with Gasteiger partial charge in [-0.3, -0.25) is 19.2 Å². The lowest BCUT2D eigenvalue weighted by molar-refractivity contribution is -0.147. The second kappa shape index (κ2) is 14.2. The van der Waals surface area contributed by atoms with Gasteiger partial charge in [0.15, 0.2) is 0 Å². The largest absolute Gasteiger partial charge is 0.481 e. The van der Waals surface area contributed by atoms with E-state index in [0.29, 0.717) is 11.4 Å². The number of imidazole rings is 1. The first kappa shape index (κ1) is 28.9. The van der Waals surface area contributed by atoms with Crippen molar-refractivity contribution in [2.24, 2.45) is 5.73 Å². The van der Waals surface area contributed by atoms with E-state index in [4.69, 9.17) is 10.8 Å². The first-order valence-corrected chi connectivity index (χ1v) is 11.6. The van der Waals surface area contributed by atoms with Crippen molar-refractivity contribution >= 4 is 41.4 Å². The number of carboxylic acid groups (broad SMARTS) is 2. The predicted molar refractivity (Wildman–Crippen MR) is 121 cm³/mol. The minimum atomic E-state index is -1.72. The van der Waals surface area contributed by atoms with Gasteiger partial charge in [0, 0.05) is 18.3 Å². The fourth-order valence-corrected chi connectivity index (χ4v) is 3.21. The Labute approximate surface area is 199 Å². The van der Waals surface area contributed by atoms with Gasteiger partial charge in [-0.05, 0) is 25.4 Å². The molecule has 1 heterocycles. The van der Waals surface area contributed by atoms with Crippen LogP contribution in [0.3, 0.4) is 0 Å². The number of nitrogens with one attached hydrogen (secondary N) is 4. The average Bonchev–Trinajstić information content (AvgIpc) is 3.27. The number of aliphatic hydroxyl groups excluding tert-OH is 1. The third-order valence-corrected chi connectivity index (χ3v) is 5.32. The molecule has 0 aliphatic rings. The van der Waals surface area contributed by atoms with Gasteiger partial charge in [-0.2, -0.15) is 11.8 Å². The van der Waals surface area contributed by atoms with Crippen molar-refractivity contribution in [2.45, 2.75) is 56.5 Å². The van der Waals surface area contributed by atoms with E-state index in [2.05, 4.69) is 25.9 Å². The number of thioether (sulfide) groups is 1. The number of H-pyrrole nitrogens is 1. The van der Waals surface area contributed by atoms with E-state index in [1.54, 1.807) is 6.26 Å². The molecule has 0 aliphatic carbocycles. The molecule has 0 aromatic carbocycles. The smallest absolute Gasteiger partial charge is 0.326 e. The third-order valence-electron chi connectivity index (χ3n) is 4.67. The summed E-state index contributed by atoms with van der Waals surface area (Å²) in [6, 6.07) is -5.41. The molecule has 0 bridgehead atoms. The number of hydrogen-bond donors (Lipinski definition) is 8. The molecule has 1 rings (SSSR count). The molecule has 1 aromatic rings. The van der Waals surface area contributed by atoms with E-state index >= 15 is 0 Å². The van der Waals surface area contributed by atoms with Crippen molar-refractivity contribution in [1.82, 2.24) is 25.9 Å². The Kier molecular flexibility index (Phi) is 12.0. The van der Waals surface area contributed by atoms with Crippen LogP contribution in [0.4, 0.5) is 0 Å². The Morgan fingerprint density at radius 1 is 1.06 bits per heavy atom. The van der Waals surface area contributed by atoms with Crippen LogP contribution < -0.4 is 21.7 Å². The van der Waals surface area contributed by atoms with Crippen LogP contribution in [-0.4, -0.2) is 97.2 Å². The highest BCUT2D eigenvalue weighted by atomic mass is 32.2. The Bertz CT molecular complexity index is 850. The summed E-state index contributed by atoms with van der Waals surface area (Å²) in [7, 11) is 0. The molecule has 0 aliphatic heterocycles. The number of hydrogen-bond acceptors (Lipinski definition) is 9. The van der Waals surface area contributed by atoms with Crippen molar-refractivity contribution < 1.29 is 39.3 Å². The predicted octanol–water partition coefficient (Wildman–Crippen LogP) is -2.57. The Morgan fingerprint density at radius 3 is 2.15 bits per heavy atom. The number of amides is 3. The number of aromatic amines is 1. The van der Waals surface area contributed by atoms with E-state index in [1.807, 2.05) is 0 Å². The SMILES string of the molecule is CSCCC(NC(=O)C(N)C(C)O)C(=O)NC(Cc1cnc[nH]1)C(=O)NC(CC(=O)O)C(=O)O. The summed E-state index contributed by atoms with van der Waals surface area (Å²) < 4.78 is 0. The lowest BCUT2D eigenvalue weighted by Crippen LogP contribution is -2.58. The lowest BCUT2D eigenvalue weighted by atomic mass is 10.1. The van der Waals surface area contributed by atoms with Crippen molar-refractivity contribution in [1.29, 1.82) is 0 Å². The maximum absolute atomic E-state index is 13.0. The highest BCUT2D eigenvalue weighted by molar-refractivity contribution is 7.98. The van der Waals surface area contributed by atoms with Gasteiger partial charge in [0.05, 0.1) is 18.9 Å². The van der Waals surface area contributed by atoms with Gasteiger partial charge in [0.2, 0.25) is 17.7 Å². The highest BCUT2D eigenvalue weighted by Crippen LogP contribution is 2.06. The molecule has 15 heteroatoms. The molecule has 0 saturated carbocycles. The van der Waals surface area contributed by atoms with Gasteiger partial charge in [-0.25, -0.2) is 9.78 Å². The quantitative estimate of drug-likeness (QED) is 0.124. The van der Waals surface area contributed by atoms with E-state index in [-0.39, 0.29) is 12.8 Å². The summed E-state index contributed by atoms with van der Waals surface area (Å²) in [5, 5.41) is 34.7. The topological polar surface area (TPSA) is 237 Å². The van der Waals surface area contributed by atoms with Crippen LogP contribution >= 0.6 is 11.8 Å². The molecule has 190 valence electrons. The molecular formula is C19H30N6O8S. The van der Waals surface area contributed by atoms with Crippen LogP contribution in [0.1, 0.15) is 25.5 Å². The van der Waals surface area contributed by atoms with E-state index in [1.165, 1.54) is 31.2 Å². The summed E-state index contributed by atoms with van der Waals surface area (Å²) >= 11 is 1.41. The van der Waals surface area contributed by atoms with Gasteiger partial charge < -0.3 is 42.0 Å². The third kappa shape index (κ3) is 9.76. The van der Waals surface area contributed by atoms with Gasteiger partial charge in [0.25, 0.3) is 0 Å². The lowest BCUT2D eigenvalue weighted by Gasteiger charge is -2.25. The molecule has 0 spiro atoms. The molecule has 5 unspecified atom stereocenters. The molecule has 3 amide bonds. The molecular weight excluding hydrogens is 472 g/mol. The zero-order chi connectivity index (χ0) is 25.8. The molecule has 0 radical (unpaired) electrons. The zero-order valence-corrected chi connectivity index (χ0v) is 19.5. The minimum absolute atomic E-state index is 0.118. The molecule has 5 atom stereocenters. The number of rotatable bonds is 15. The van der Waals surface area contributed by atoms with Crippen LogP contribution in [0, 0.1) is 0 Å². The molecule has 9 N–H and O–H groups in total. The number of nitrogens with zero attached hydrogens (tertiary/aromatic N) is 1. The second-order valence-electron chi connectivity index (χ2n) is 7.45. The first-order valence-electron chi connectivity index (χ1n) is 10.2. The van der Waals surface area contributed by atoms with Crippen molar-refractivity contribution in [3.05, 3.63) is 18.2 Å². The van der Waals surface area contributed by atoms with Crippen molar-refractivity contribution in [2.75, 3.05) is 12.0 Å². The van der Waals surface area contributed by atoms with E-state index < -0.39 is 66.4 Å². The molecule has 0 fully saturated rings. The van der Waals surface area contributed by atoms with Crippen molar-refractivity contribution in [3.8, 4) is 0 Å². The summed E-state index contributed by atoms with van der Waals surface area (Å²) in [5.74, 6) is -4.97. The normalized spacial score (nSPS) is 15.3. The summed E-state index contributed by atoms with van der Waals surface area (Å²) in [6.45, 7) is 1.32. The maximum Gasteiger partial charge on any atom is 0.326 e. The Hall–Kier alpha value is -3.17. The van der Waals surface area contributed by atoms with E-state index in [9.17, 15) is 34.2 Å². The summed E-state index contributed by atoms with van der Waals surface area (Å²) in [6.07, 6.45) is 2.57. The number of carbonyl (C=O) groups is 5. The summed E-state index contributed by atoms with van der Waals surface area (Å²) in [5.41, 5.74) is 6.06. The standard InChI is InChI=1S/C19H30N6O8S/c1-9(26)15(20)18(31)23-11(3-4-34-2)16(29)24-12(5-10-7-21-8-22-10)17(30)25-13(19(32)33)6-14(27)28/h7-9,11-13,15,26H,3-6,20H2,1-2H3,(H,21,22)(H,23,31)(H,24,29)(H,25,30)(H,27,28)(H,32,33). The van der Waals surface area contributed by atoms with Crippen LogP contribution in [-0.2, 0) is 30.4 Å². The van der Waals surface area contributed by atoms with Crippen LogP contribution in [0.25, 0.3) is 0 Å². The number of nitrogens with two attached hydrogens (primary N) is 1. The van der Waals surface area contributed by atoms with Gasteiger partial charge in [-0.1, -0.05) is 0 Å². The fraction of sp³-hybridized carbons (Fsp3) is 0.579. The Morgan fingerprint density at radius 2 is 1.65 bits per heavy atom. The van der Waals surface area contributed by atoms with Crippen LogP contribution in [0.15, 0.2) is 12.5 Å². The highest BCUT2D eigenvalue weighted by Gasteiger charge is 2.31. The molecule has 1 aromatic heterocycles. The van der Waals surface area contributed by atoms with Gasteiger partial charge in [-0.15, -0.1) is 0 Å². The average molecular weight is 503 g/mol. The molecule has 34 heavy (non-hydrogen) atoms. The Balaban J connectivity index is 3.06. The summed E-state index contributed by atoms with van der Waals surface area (Å²) in [4.78, 5) is 66.9. The number of carbonyl (C=O) groups excluding carboxylic acids is 3. The molecule has 0 saturated heterocycles. The second-order valence-corrected chi connectivity index (χ2v) is 8.43. The van der Waals surface area contributed by atoms with Gasteiger partial charge in [0.1, 0.15) is 24.2 Å². The van der Waals surface area contributed by atoms with Crippen LogP contribution in [0.2, 0.25) is 0 Å². The minimum Gasteiger partial charge on any atom is -0.481 e. The number of aliphatic carboxylic acids is 2. The van der Waals surface area contributed by atoms with E-state index in [0.717, 1.165) is 0 Å². The van der Waals surface area contributed by atoms with Crippen LogP contribution in [0.5, 0.6) is 0 Å². The maximum atomic E-state index is 13.0. The monoisotopic (exact) mass is 502 g/mol. The number of aliphatic hydroxyl groups is 1. The number of carboxylic acids is 2. The zero-order valence-electron chi connectivity index (χ0n) is 18.7. The fourth-order valence-electron chi connectivity index (χ4n) is 2.74. The van der Waals surface area contributed by atoms with Crippen molar-refractivity contribution in [3.63, 3.8) is 0 Å². The first-order chi connectivity index (χ1) is 16.0. The number of aromatic nitrogens is 2. The van der Waals surface area contributed by atoms with Gasteiger partial charge >= 0.3 is 11.9 Å². The molecule has 14 nitrogen and oxygen atoms in total.